The maximum Gasteiger partial charge on any atom is 0.194 e. The van der Waals surface area contributed by atoms with Crippen LogP contribution in [0.15, 0.2) is 58.0 Å². The zero-order valence-corrected chi connectivity index (χ0v) is 15.6. The standard InChI is InChI=1S/C19H22BrN3O2/c1-21-19(22-12-17(24)25)23-10-9-13-5-2-3-8-16(13)18(23)14-6-4-7-15(20)11-14/h2-8,11,17-18,24-25H,9-10,12H2,1H3,(H,21,22). The van der Waals surface area contributed by atoms with E-state index < -0.39 is 6.29 Å². The minimum atomic E-state index is -1.42. The Balaban J connectivity index is 2.02. The predicted molar refractivity (Wildman–Crippen MR) is 102 cm³/mol. The fourth-order valence-electron chi connectivity index (χ4n) is 3.32. The number of rotatable bonds is 3. The summed E-state index contributed by atoms with van der Waals surface area (Å²) in [6, 6.07) is 16.7. The fraction of sp³-hybridized carbons (Fsp3) is 0.316. The average molecular weight is 404 g/mol. The van der Waals surface area contributed by atoms with Crippen LogP contribution >= 0.6 is 15.9 Å². The molecule has 1 aliphatic heterocycles. The molecule has 3 N–H and O–H groups in total. The summed E-state index contributed by atoms with van der Waals surface area (Å²) >= 11 is 3.56. The molecule has 132 valence electrons. The van der Waals surface area contributed by atoms with E-state index in [0.717, 1.165) is 23.0 Å². The molecule has 0 aromatic heterocycles. The molecule has 5 nitrogen and oxygen atoms in total. The van der Waals surface area contributed by atoms with Crippen LogP contribution in [0.4, 0.5) is 0 Å². The minimum absolute atomic E-state index is 0.0180. The van der Waals surface area contributed by atoms with Crippen molar-refractivity contribution in [3.05, 3.63) is 69.7 Å². The van der Waals surface area contributed by atoms with Gasteiger partial charge in [-0.1, -0.05) is 52.3 Å². The average Bonchev–Trinajstić information content (AvgIpc) is 2.61. The van der Waals surface area contributed by atoms with Crippen LogP contribution in [-0.2, 0) is 6.42 Å². The molecule has 0 fully saturated rings. The van der Waals surface area contributed by atoms with E-state index in [1.807, 2.05) is 12.1 Å². The number of halogens is 1. The van der Waals surface area contributed by atoms with Crippen LogP contribution < -0.4 is 5.32 Å². The van der Waals surface area contributed by atoms with E-state index in [1.54, 1.807) is 7.05 Å². The van der Waals surface area contributed by atoms with Crippen LogP contribution in [0.1, 0.15) is 22.7 Å². The third-order valence-corrected chi connectivity index (χ3v) is 4.87. The summed E-state index contributed by atoms with van der Waals surface area (Å²) in [5.41, 5.74) is 3.75. The predicted octanol–water partition coefficient (Wildman–Crippen LogP) is 2.28. The van der Waals surface area contributed by atoms with Crippen LogP contribution in [0.5, 0.6) is 0 Å². The Kier molecular flexibility index (Phi) is 5.73. The summed E-state index contributed by atoms with van der Waals surface area (Å²) in [5, 5.41) is 21.4. The van der Waals surface area contributed by atoms with Gasteiger partial charge in [-0.3, -0.25) is 4.99 Å². The van der Waals surface area contributed by atoms with Crippen molar-refractivity contribution in [1.29, 1.82) is 0 Å². The van der Waals surface area contributed by atoms with E-state index in [-0.39, 0.29) is 12.6 Å². The van der Waals surface area contributed by atoms with Crippen molar-refractivity contribution in [3.8, 4) is 0 Å². The number of nitrogens with one attached hydrogen (secondary N) is 1. The van der Waals surface area contributed by atoms with Gasteiger partial charge in [0.1, 0.15) is 0 Å². The summed E-state index contributed by atoms with van der Waals surface area (Å²) in [6.45, 7) is 0.839. The summed E-state index contributed by atoms with van der Waals surface area (Å²) in [5.74, 6) is 0.660. The minimum Gasteiger partial charge on any atom is -0.367 e. The van der Waals surface area contributed by atoms with E-state index in [0.29, 0.717) is 5.96 Å². The van der Waals surface area contributed by atoms with Gasteiger partial charge in [-0.15, -0.1) is 0 Å². The lowest BCUT2D eigenvalue weighted by Gasteiger charge is -2.40. The molecule has 1 atom stereocenters. The first-order valence-electron chi connectivity index (χ1n) is 8.27. The molecule has 1 aliphatic rings. The monoisotopic (exact) mass is 403 g/mol. The van der Waals surface area contributed by atoms with E-state index >= 15 is 0 Å². The molecule has 25 heavy (non-hydrogen) atoms. The Morgan fingerprint density at radius 3 is 2.80 bits per heavy atom. The number of benzene rings is 2. The molecule has 1 heterocycles. The third kappa shape index (κ3) is 4.03. The largest absolute Gasteiger partial charge is 0.367 e. The Labute approximate surface area is 156 Å². The van der Waals surface area contributed by atoms with Gasteiger partial charge in [0.25, 0.3) is 0 Å². The molecular formula is C19H22BrN3O2. The fourth-order valence-corrected chi connectivity index (χ4v) is 3.74. The summed E-state index contributed by atoms with van der Waals surface area (Å²) in [4.78, 5) is 6.54. The van der Waals surface area contributed by atoms with Crippen LogP contribution in [0, 0.1) is 0 Å². The van der Waals surface area contributed by atoms with Crippen molar-refractivity contribution in [1.82, 2.24) is 10.2 Å². The quantitative estimate of drug-likeness (QED) is 0.417. The Bertz CT molecular complexity index is 764. The molecule has 2 aromatic rings. The summed E-state index contributed by atoms with van der Waals surface area (Å²) in [6.07, 6.45) is -0.499. The lowest BCUT2D eigenvalue weighted by Crippen LogP contribution is -2.48. The highest BCUT2D eigenvalue weighted by molar-refractivity contribution is 9.10. The number of hydrogen-bond donors (Lipinski definition) is 3. The van der Waals surface area contributed by atoms with Crippen LogP contribution in [0.3, 0.4) is 0 Å². The number of nitrogens with zero attached hydrogens (tertiary/aromatic N) is 2. The summed E-state index contributed by atoms with van der Waals surface area (Å²) in [7, 11) is 1.71. The normalized spacial score (nSPS) is 17.6. The molecule has 6 heteroatoms. The molecule has 0 amide bonds. The van der Waals surface area contributed by atoms with Gasteiger partial charge in [0.2, 0.25) is 0 Å². The zero-order valence-electron chi connectivity index (χ0n) is 14.1. The number of fused-ring (bicyclic) bond motifs is 1. The van der Waals surface area contributed by atoms with Gasteiger partial charge in [-0.05, 0) is 35.2 Å². The first-order valence-corrected chi connectivity index (χ1v) is 9.06. The molecule has 3 rings (SSSR count). The molecule has 0 aliphatic carbocycles. The third-order valence-electron chi connectivity index (χ3n) is 4.37. The first kappa shape index (κ1) is 17.9. The number of aliphatic hydroxyl groups excluding tert-OH is 1. The Morgan fingerprint density at radius 1 is 1.28 bits per heavy atom. The highest BCUT2D eigenvalue weighted by atomic mass is 79.9. The number of hydrogen-bond acceptors (Lipinski definition) is 3. The second-order valence-electron chi connectivity index (χ2n) is 6.01. The van der Waals surface area contributed by atoms with Crippen molar-refractivity contribution in [2.24, 2.45) is 4.99 Å². The highest BCUT2D eigenvalue weighted by Crippen LogP contribution is 2.35. The summed E-state index contributed by atoms with van der Waals surface area (Å²) < 4.78 is 1.03. The lowest BCUT2D eigenvalue weighted by atomic mass is 9.88. The van der Waals surface area contributed by atoms with Gasteiger partial charge >= 0.3 is 0 Å². The first-order chi connectivity index (χ1) is 12.1. The SMILES string of the molecule is CN=C(NCC(O)O)N1CCc2ccccc2C1c1cccc(Br)c1. The van der Waals surface area contributed by atoms with Crippen LogP contribution in [-0.4, -0.2) is 47.5 Å². The second-order valence-corrected chi connectivity index (χ2v) is 6.92. The molecular weight excluding hydrogens is 382 g/mol. The number of aliphatic imine (C=N–C) groups is 1. The van der Waals surface area contributed by atoms with Crippen molar-refractivity contribution >= 4 is 21.9 Å². The van der Waals surface area contributed by atoms with Gasteiger partial charge < -0.3 is 20.4 Å². The molecule has 2 aromatic carbocycles. The maximum atomic E-state index is 9.19. The van der Waals surface area contributed by atoms with Gasteiger partial charge in [0, 0.05) is 18.1 Å². The maximum absolute atomic E-state index is 9.19. The Morgan fingerprint density at radius 2 is 2.08 bits per heavy atom. The van der Waals surface area contributed by atoms with Gasteiger partial charge in [-0.2, -0.15) is 0 Å². The number of guanidine groups is 1. The van der Waals surface area contributed by atoms with E-state index in [9.17, 15) is 10.2 Å². The van der Waals surface area contributed by atoms with Crippen LogP contribution in [0.2, 0.25) is 0 Å². The van der Waals surface area contributed by atoms with Gasteiger partial charge in [0.05, 0.1) is 12.6 Å². The van der Waals surface area contributed by atoms with Crippen molar-refractivity contribution in [3.63, 3.8) is 0 Å². The van der Waals surface area contributed by atoms with Crippen molar-refractivity contribution in [2.75, 3.05) is 20.1 Å². The van der Waals surface area contributed by atoms with E-state index in [4.69, 9.17) is 0 Å². The molecule has 0 saturated heterocycles. The molecule has 0 radical (unpaired) electrons. The molecule has 0 spiro atoms. The van der Waals surface area contributed by atoms with Crippen molar-refractivity contribution in [2.45, 2.75) is 18.8 Å². The highest BCUT2D eigenvalue weighted by Gasteiger charge is 2.30. The second kappa shape index (κ2) is 7.99. The van der Waals surface area contributed by atoms with E-state index in [1.165, 1.54) is 11.1 Å². The van der Waals surface area contributed by atoms with Gasteiger partial charge in [0.15, 0.2) is 12.2 Å². The smallest absolute Gasteiger partial charge is 0.194 e. The van der Waals surface area contributed by atoms with Crippen LogP contribution in [0.25, 0.3) is 0 Å². The van der Waals surface area contributed by atoms with Gasteiger partial charge in [-0.25, -0.2) is 0 Å². The lowest BCUT2D eigenvalue weighted by molar-refractivity contribution is -0.0347. The molecule has 0 bridgehead atoms. The van der Waals surface area contributed by atoms with Crippen molar-refractivity contribution < 1.29 is 10.2 Å². The number of aliphatic hydroxyl groups is 2. The van der Waals surface area contributed by atoms with E-state index in [2.05, 4.69) is 67.5 Å². The zero-order chi connectivity index (χ0) is 17.8. The molecule has 1 unspecified atom stereocenters. The Hall–Kier alpha value is -1.89. The molecule has 0 saturated carbocycles. The topological polar surface area (TPSA) is 68.1 Å².